The van der Waals surface area contributed by atoms with Gasteiger partial charge < -0.3 is 15.2 Å². The van der Waals surface area contributed by atoms with Gasteiger partial charge in [-0.3, -0.25) is 0 Å². The van der Waals surface area contributed by atoms with Crippen molar-refractivity contribution in [1.29, 1.82) is 0 Å². The molecule has 0 heterocycles. The molecule has 1 aliphatic rings. The quantitative estimate of drug-likeness (QED) is 0.683. The van der Waals surface area contributed by atoms with E-state index < -0.39 is 5.97 Å². The largest absolute Gasteiger partial charge is 0.496 e. The van der Waals surface area contributed by atoms with Gasteiger partial charge in [-0.05, 0) is 37.7 Å². The minimum absolute atomic E-state index is 0.0141. The third-order valence-corrected chi connectivity index (χ3v) is 4.10. The van der Waals surface area contributed by atoms with Crippen LogP contribution in [0.25, 0.3) is 0 Å². The molecule has 5 heteroatoms. The molecule has 1 aliphatic carbocycles. The Labute approximate surface area is 124 Å². The lowest BCUT2D eigenvalue weighted by atomic mass is 9.89. The fourth-order valence-electron chi connectivity index (χ4n) is 2.46. The molecule has 4 nitrogen and oxygen atoms in total. The summed E-state index contributed by atoms with van der Waals surface area (Å²) >= 11 is 5.96. The Kier molecular flexibility index (Phi) is 4.76. The third-order valence-electron chi connectivity index (χ3n) is 3.78. The van der Waals surface area contributed by atoms with Crippen LogP contribution in [0.3, 0.4) is 0 Å². The van der Waals surface area contributed by atoms with Crippen LogP contribution in [0.15, 0.2) is 12.1 Å². The van der Waals surface area contributed by atoms with Crippen LogP contribution in [-0.2, 0) is 4.74 Å². The van der Waals surface area contributed by atoms with Gasteiger partial charge in [-0.2, -0.15) is 0 Å². The number of esters is 1. The second-order valence-corrected chi connectivity index (χ2v) is 5.77. The third kappa shape index (κ3) is 3.37. The average molecular weight is 298 g/mol. The van der Waals surface area contributed by atoms with E-state index in [1.165, 1.54) is 13.2 Å². The van der Waals surface area contributed by atoms with E-state index in [2.05, 4.69) is 6.92 Å². The minimum atomic E-state index is -0.400. The summed E-state index contributed by atoms with van der Waals surface area (Å²) in [5, 5.41) is 0.329. The van der Waals surface area contributed by atoms with E-state index in [-0.39, 0.29) is 6.10 Å². The van der Waals surface area contributed by atoms with Gasteiger partial charge in [0, 0.05) is 6.07 Å². The average Bonchev–Trinajstić information content (AvgIpc) is 2.43. The van der Waals surface area contributed by atoms with Gasteiger partial charge in [0.25, 0.3) is 0 Å². The molecule has 0 aromatic heterocycles. The van der Waals surface area contributed by atoms with Crippen molar-refractivity contribution in [1.82, 2.24) is 0 Å². The number of benzene rings is 1. The van der Waals surface area contributed by atoms with Crippen molar-refractivity contribution in [3.05, 3.63) is 22.7 Å². The number of nitrogen functional groups attached to an aromatic ring is 1. The highest BCUT2D eigenvalue weighted by Gasteiger charge is 2.24. The number of methoxy groups -OCH3 is 1. The zero-order chi connectivity index (χ0) is 14.7. The number of carbonyl (C=O) groups excluding carboxylic acids is 1. The van der Waals surface area contributed by atoms with E-state index in [4.69, 9.17) is 26.8 Å². The van der Waals surface area contributed by atoms with Gasteiger partial charge in [0.15, 0.2) is 0 Å². The van der Waals surface area contributed by atoms with E-state index in [0.717, 1.165) is 25.7 Å². The SMILES string of the molecule is COc1cc(N)c(Cl)cc1C(=O)OC1CCC(C)CC1. The van der Waals surface area contributed by atoms with Gasteiger partial charge in [-0.1, -0.05) is 18.5 Å². The van der Waals surface area contributed by atoms with Gasteiger partial charge in [-0.25, -0.2) is 4.79 Å². The van der Waals surface area contributed by atoms with Crippen LogP contribution < -0.4 is 10.5 Å². The van der Waals surface area contributed by atoms with Crippen molar-refractivity contribution in [2.24, 2.45) is 5.92 Å². The number of anilines is 1. The number of carbonyl (C=O) groups is 1. The molecule has 1 fully saturated rings. The number of halogens is 1. The highest BCUT2D eigenvalue weighted by molar-refractivity contribution is 6.33. The first-order valence-electron chi connectivity index (χ1n) is 6.85. The summed E-state index contributed by atoms with van der Waals surface area (Å²) in [6, 6.07) is 3.05. The van der Waals surface area contributed by atoms with Gasteiger partial charge >= 0.3 is 5.97 Å². The van der Waals surface area contributed by atoms with Crippen molar-refractivity contribution in [2.75, 3.05) is 12.8 Å². The number of nitrogens with two attached hydrogens (primary N) is 1. The first-order valence-corrected chi connectivity index (χ1v) is 7.23. The van der Waals surface area contributed by atoms with E-state index in [0.29, 0.717) is 27.9 Å². The molecular weight excluding hydrogens is 278 g/mol. The van der Waals surface area contributed by atoms with Gasteiger partial charge in [0.05, 0.1) is 17.8 Å². The molecule has 0 atom stereocenters. The molecule has 2 rings (SSSR count). The van der Waals surface area contributed by atoms with E-state index in [9.17, 15) is 4.79 Å². The normalized spacial score (nSPS) is 22.4. The predicted octanol–water partition coefficient (Wildman–Crippen LogP) is 3.67. The summed E-state index contributed by atoms with van der Waals surface area (Å²) in [6.07, 6.45) is 4.00. The zero-order valence-corrected chi connectivity index (χ0v) is 12.6. The molecule has 0 bridgehead atoms. The van der Waals surface area contributed by atoms with Crippen molar-refractivity contribution in [3.8, 4) is 5.75 Å². The molecule has 2 N–H and O–H groups in total. The second kappa shape index (κ2) is 6.35. The van der Waals surface area contributed by atoms with Crippen LogP contribution in [0.2, 0.25) is 5.02 Å². The topological polar surface area (TPSA) is 61.5 Å². The summed E-state index contributed by atoms with van der Waals surface area (Å²) in [5.74, 6) is 0.704. The lowest BCUT2D eigenvalue weighted by Crippen LogP contribution is -2.24. The monoisotopic (exact) mass is 297 g/mol. The maximum Gasteiger partial charge on any atom is 0.342 e. The molecule has 0 aliphatic heterocycles. The maximum absolute atomic E-state index is 12.2. The van der Waals surface area contributed by atoms with Crippen LogP contribution in [0.4, 0.5) is 5.69 Å². The maximum atomic E-state index is 12.2. The van der Waals surface area contributed by atoms with Crippen LogP contribution in [-0.4, -0.2) is 19.2 Å². The Morgan fingerprint density at radius 2 is 1.95 bits per heavy atom. The molecule has 0 spiro atoms. The van der Waals surface area contributed by atoms with Gasteiger partial charge in [0.1, 0.15) is 17.4 Å². The van der Waals surface area contributed by atoms with E-state index in [1.54, 1.807) is 6.07 Å². The van der Waals surface area contributed by atoms with Gasteiger partial charge in [0.2, 0.25) is 0 Å². The summed E-state index contributed by atoms with van der Waals surface area (Å²) < 4.78 is 10.7. The summed E-state index contributed by atoms with van der Waals surface area (Å²) in [6.45, 7) is 2.22. The molecule has 0 saturated heterocycles. The van der Waals surface area contributed by atoms with Crippen LogP contribution in [0.5, 0.6) is 5.75 Å². The van der Waals surface area contributed by atoms with Crippen LogP contribution in [0.1, 0.15) is 43.0 Å². The number of hydrogen-bond donors (Lipinski definition) is 1. The number of hydrogen-bond acceptors (Lipinski definition) is 4. The molecule has 1 aromatic carbocycles. The summed E-state index contributed by atoms with van der Waals surface area (Å²) in [4.78, 5) is 12.2. The molecule has 1 saturated carbocycles. The van der Waals surface area contributed by atoms with Crippen molar-refractivity contribution in [2.45, 2.75) is 38.7 Å². The smallest absolute Gasteiger partial charge is 0.342 e. The highest BCUT2D eigenvalue weighted by Crippen LogP contribution is 2.31. The van der Waals surface area contributed by atoms with Crippen molar-refractivity contribution in [3.63, 3.8) is 0 Å². The van der Waals surface area contributed by atoms with Crippen molar-refractivity contribution >= 4 is 23.3 Å². The molecule has 0 amide bonds. The fourth-order valence-corrected chi connectivity index (χ4v) is 2.62. The van der Waals surface area contributed by atoms with E-state index >= 15 is 0 Å². The number of ether oxygens (including phenoxy) is 2. The molecule has 110 valence electrons. The Hall–Kier alpha value is -1.42. The molecule has 0 radical (unpaired) electrons. The van der Waals surface area contributed by atoms with Crippen molar-refractivity contribution < 1.29 is 14.3 Å². The summed E-state index contributed by atoms with van der Waals surface area (Å²) in [7, 11) is 1.49. The predicted molar refractivity (Wildman–Crippen MR) is 79.3 cm³/mol. The first-order chi connectivity index (χ1) is 9.51. The lowest BCUT2D eigenvalue weighted by Gasteiger charge is -2.26. The minimum Gasteiger partial charge on any atom is -0.496 e. The Morgan fingerprint density at radius 3 is 2.55 bits per heavy atom. The molecule has 1 aromatic rings. The lowest BCUT2D eigenvalue weighted by molar-refractivity contribution is 0.0171. The summed E-state index contributed by atoms with van der Waals surface area (Å²) in [5.41, 5.74) is 6.41. The molecular formula is C15H20ClNO3. The Balaban J connectivity index is 2.11. The fraction of sp³-hybridized carbons (Fsp3) is 0.533. The zero-order valence-electron chi connectivity index (χ0n) is 11.8. The second-order valence-electron chi connectivity index (χ2n) is 5.36. The standard InChI is InChI=1S/C15H20ClNO3/c1-9-3-5-10(6-4-9)20-15(18)11-7-12(16)13(17)8-14(11)19-2/h7-10H,3-6,17H2,1-2H3. The van der Waals surface area contributed by atoms with Crippen LogP contribution in [0, 0.1) is 5.92 Å². The van der Waals surface area contributed by atoms with Crippen LogP contribution >= 0.6 is 11.6 Å². The molecule has 0 unspecified atom stereocenters. The number of rotatable bonds is 3. The Morgan fingerprint density at radius 1 is 1.30 bits per heavy atom. The van der Waals surface area contributed by atoms with Gasteiger partial charge in [-0.15, -0.1) is 0 Å². The Bertz CT molecular complexity index is 496. The van der Waals surface area contributed by atoms with E-state index in [1.807, 2.05) is 0 Å². The first kappa shape index (κ1) is 15.0. The highest BCUT2D eigenvalue weighted by atomic mass is 35.5. The molecule has 20 heavy (non-hydrogen) atoms.